The fourth-order valence-electron chi connectivity index (χ4n) is 1.88. The largest absolute Gasteiger partial charge is 0.387 e. The summed E-state index contributed by atoms with van der Waals surface area (Å²) in [6.07, 6.45) is 3.14. The maximum absolute atomic E-state index is 10.1. The van der Waals surface area contributed by atoms with Crippen LogP contribution in [0.5, 0.6) is 0 Å². The zero-order valence-corrected chi connectivity index (χ0v) is 12.4. The van der Waals surface area contributed by atoms with Crippen molar-refractivity contribution < 1.29 is 5.11 Å². The second kappa shape index (κ2) is 6.80. The van der Waals surface area contributed by atoms with Crippen LogP contribution in [-0.4, -0.2) is 16.6 Å². The molecule has 2 N–H and O–H groups in total. The molecule has 0 bridgehead atoms. The lowest BCUT2D eigenvalue weighted by Gasteiger charge is -2.13. The van der Waals surface area contributed by atoms with Crippen LogP contribution in [0.1, 0.15) is 22.8 Å². The van der Waals surface area contributed by atoms with Crippen molar-refractivity contribution in [3.05, 3.63) is 63.9 Å². The summed E-state index contributed by atoms with van der Waals surface area (Å²) in [6.45, 7) is 3.30. The number of aliphatic hydroxyl groups excluding tert-OH is 1. The quantitative estimate of drug-likeness (QED) is 0.890. The number of aliphatic hydroxyl groups is 1. The fourth-order valence-corrected chi connectivity index (χ4v) is 2.29. The van der Waals surface area contributed by atoms with Gasteiger partial charge in [0.15, 0.2) is 0 Å². The van der Waals surface area contributed by atoms with E-state index in [0.717, 1.165) is 22.1 Å². The Morgan fingerprint density at radius 2 is 2.21 bits per heavy atom. The van der Waals surface area contributed by atoms with Crippen LogP contribution in [0.15, 0.2) is 47.2 Å². The predicted molar refractivity (Wildman–Crippen MR) is 79.8 cm³/mol. The van der Waals surface area contributed by atoms with Gasteiger partial charge in [-0.1, -0.05) is 28.1 Å². The third-order valence-corrected chi connectivity index (χ3v) is 3.52. The van der Waals surface area contributed by atoms with Gasteiger partial charge in [-0.15, -0.1) is 0 Å². The first-order chi connectivity index (χ1) is 9.16. The minimum Gasteiger partial charge on any atom is -0.387 e. The molecule has 0 saturated carbocycles. The molecule has 3 nitrogen and oxygen atoms in total. The molecule has 100 valence electrons. The molecule has 1 aromatic carbocycles. The van der Waals surface area contributed by atoms with E-state index in [9.17, 15) is 5.11 Å². The van der Waals surface area contributed by atoms with Crippen LogP contribution in [0.3, 0.4) is 0 Å². The van der Waals surface area contributed by atoms with E-state index < -0.39 is 6.10 Å². The van der Waals surface area contributed by atoms with Crippen molar-refractivity contribution in [3.63, 3.8) is 0 Å². The second-order valence-electron chi connectivity index (χ2n) is 4.50. The van der Waals surface area contributed by atoms with Crippen LogP contribution in [0.4, 0.5) is 0 Å². The molecule has 19 heavy (non-hydrogen) atoms. The Labute approximate surface area is 121 Å². The van der Waals surface area contributed by atoms with Crippen LogP contribution < -0.4 is 5.32 Å². The lowest BCUT2D eigenvalue weighted by molar-refractivity contribution is 0.174. The minimum absolute atomic E-state index is 0.500. The molecule has 1 heterocycles. The smallest absolute Gasteiger partial charge is 0.0914 e. The minimum atomic E-state index is -0.500. The van der Waals surface area contributed by atoms with Gasteiger partial charge in [-0.3, -0.25) is 4.98 Å². The normalized spacial score (nSPS) is 12.4. The molecular weight excluding hydrogens is 304 g/mol. The van der Waals surface area contributed by atoms with Gasteiger partial charge >= 0.3 is 0 Å². The van der Waals surface area contributed by atoms with Gasteiger partial charge in [-0.25, -0.2) is 0 Å². The topological polar surface area (TPSA) is 45.2 Å². The van der Waals surface area contributed by atoms with E-state index in [0.29, 0.717) is 6.54 Å². The zero-order chi connectivity index (χ0) is 13.7. The highest BCUT2D eigenvalue weighted by Crippen LogP contribution is 2.17. The van der Waals surface area contributed by atoms with Crippen LogP contribution in [0.2, 0.25) is 0 Å². The maximum atomic E-state index is 10.1. The van der Waals surface area contributed by atoms with Gasteiger partial charge in [0.25, 0.3) is 0 Å². The van der Waals surface area contributed by atoms with Gasteiger partial charge < -0.3 is 10.4 Å². The molecule has 0 aliphatic carbocycles. The van der Waals surface area contributed by atoms with E-state index in [1.807, 2.05) is 43.5 Å². The molecule has 1 atom stereocenters. The lowest BCUT2D eigenvalue weighted by atomic mass is 10.1. The third kappa shape index (κ3) is 4.13. The summed E-state index contributed by atoms with van der Waals surface area (Å²) in [5.74, 6) is 0. The maximum Gasteiger partial charge on any atom is 0.0914 e. The molecule has 1 aromatic heterocycles. The molecule has 0 saturated heterocycles. The highest BCUT2D eigenvalue weighted by Gasteiger charge is 2.07. The molecular formula is C15H17BrN2O. The Morgan fingerprint density at radius 1 is 1.37 bits per heavy atom. The summed E-state index contributed by atoms with van der Waals surface area (Å²) in [4.78, 5) is 4.06. The molecule has 2 aromatic rings. The van der Waals surface area contributed by atoms with Gasteiger partial charge in [-0.2, -0.15) is 0 Å². The number of hydrogen-bond acceptors (Lipinski definition) is 3. The van der Waals surface area contributed by atoms with Crippen LogP contribution in [0, 0.1) is 6.92 Å². The van der Waals surface area contributed by atoms with Crippen LogP contribution in [0.25, 0.3) is 0 Å². The average Bonchev–Trinajstić information content (AvgIpc) is 2.41. The summed E-state index contributed by atoms with van der Waals surface area (Å²) in [6, 6.07) is 9.73. The molecule has 0 amide bonds. The van der Waals surface area contributed by atoms with E-state index in [2.05, 4.69) is 26.2 Å². The second-order valence-corrected chi connectivity index (χ2v) is 5.42. The SMILES string of the molecule is Cc1cnccc1CNCC(O)c1cccc(Br)c1. The summed E-state index contributed by atoms with van der Waals surface area (Å²) in [7, 11) is 0. The summed E-state index contributed by atoms with van der Waals surface area (Å²) in [5.41, 5.74) is 3.27. The Balaban J connectivity index is 1.88. The van der Waals surface area contributed by atoms with Gasteiger partial charge in [-0.05, 0) is 41.8 Å². The lowest BCUT2D eigenvalue weighted by Crippen LogP contribution is -2.21. The van der Waals surface area contributed by atoms with Crippen molar-refractivity contribution in [1.82, 2.24) is 10.3 Å². The number of hydrogen-bond donors (Lipinski definition) is 2. The molecule has 1 unspecified atom stereocenters. The van der Waals surface area contributed by atoms with E-state index in [1.165, 1.54) is 5.56 Å². The monoisotopic (exact) mass is 320 g/mol. The van der Waals surface area contributed by atoms with Gasteiger partial charge in [0, 0.05) is 30.0 Å². The highest BCUT2D eigenvalue weighted by molar-refractivity contribution is 9.10. The van der Waals surface area contributed by atoms with Crippen molar-refractivity contribution in [2.45, 2.75) is 19.6 Å². The van der Waals surface area contributed by atoms with E-state index in [-0.39, 0.29) is 0 Å². The van der Waals surface area contributed by atoms with E-state index in [1.54, 1.807) is 6.20 Å². The van der Waals surface area contributed by atoms with Crippen LogP contribution in [-0.2, 0) is 6.54 Å². The molecule has 0 aliphatic heterocycles. The van der Waals surface area contributed by atoms with Gasteiger partial charge in [0.05, 0.1) is 6.10 Å². The number of aromatic nitrogens is 1. The van der Waals surface area contributed by atoms with Crippen molar-refractivity contribution in [2.24, 2.45) is 0 Å². The Kier molecular flexibility index (Phi) is 5.07. The van der Waals surface area contributed by atoms with Gasteiger partial charge in [0.2, 0.25) is 0 Å². The summed E-state index contributed by atoms with van der Waals surface area (Å²) < 4.78 is 0.981. The average molecular weight is 321 g/mol. The number of nitrogens with zero attached hydrogens (tertiary/aromatic N) is 1. The number of benzene rings is 1. The van der Waals surface area contributed by atoms with Crippen molar-refractivity contribution in [3.8, 4) is 0 Å². The Hall–Kier alpha value is -1.23. The highest BCUT2D eigenvalue weighted by atomic mass is 79.9. The number of aryl methyl sites for hydroxylation is 1. The Morgan fingerprint density at radius 3 is 2.95 bits per heavy atom. The summed E-state index contributed by atoms with van der Waals surface area (Å²) >= 11 is 3.41. The Bertz CT molecular complexity index is 545. The van der Waals surface area contributed by atoms with E-state index >= 15 is 0 Å². The van der Waals surface area contributed by atoms with Crippen molar-refractivity contribution >= 4 is 15.9 Å². The van der Waals surface area contributed by atoms with Crippen molar-refractivity contribution in [2.75, 3.05) is 6.54 Å². The molecule has 0 spiro atoms. The number of rotatable bonds is 5. The zero-order valence-electron chi connectivity index (χ0n) is 10.8. The number of pyridine rings is 1. The molecule has 2 rings (SSSR count). The molecule has 4 heteroatoms. The molecule has 0 fully saturated rings. The van der Waals surface area contributed by atoms with E-state index in [4.69, 9.17) is 0 Å². The fraction of sp³-hybridized carbons (Fsp3) is 0.267. The predicted octanol–water partition coefficient (Wildman–Crippen LogP) is 2.98. The van der Waals surface area contributed by atoms with Gasteiger partial charge in [0.1, 0.15) is 0 Å². The first-order valence-electron chi connectivity index (χ1n) is 6.20. The standard InChI is InChI=1S/C15H17BrN2O/c1-11-8-17-6-5-13(11)9-18-10-15(19)12-3-2-4-14(16)7-12/h2-8,15,18-19H,9-10H2,1H3. The molecule has 0 aliphatic rings. The number of halogens is 1. The summed E-state index contributed by atoms with van der Waals surface area (Å²) in [5, 5.41) is 13.4. The third-order valence-electron chi connectivity index (χ3n) is 3.02. The van der Waals surface area contributed by atoms with Crippen molar-refractivity contribution in [1.29, 1.82) is 0 Å². The number of nitrogens with one attached hydrogen (secondary N) is 1. The first kappa shape index (κ1) is 14.2. The first-order valence-corrected chi connectivity index (χ1v) is 7.00. The van der Waals surface area contributed by atoms with Crippen LogP contribution >= 0.6 is 15.9 Å². The molecule has 0 radical (unpaired) electrons.